The van der Waals surface area contributed by atoms with Crippen molar-refractivity contribution >= 4 is 29.1 Å². The maximum Gasteiger partial charge on any atom is 0.276 e. The molecule has 0 radical (unpaired) electrons. The summed E-state index contributed by atoms with van der Waals surface area (Å²) in [5, 5.41) is 17.4. The van der Waals surface area contributed by atoms with Gasteiger partial charge in [-0.3, -0.25) is 10.1 Å². The zero-order valence-corrected chi connectivity index (χ0v) is 11.0. The molecule has 1 aromatic heterocycles. The van der Waals surface area contributed by atoms with Gasteiger partial charge in [0.15, 0.2) is 0 Å². The van der Waals surface area contributed by atoms with Crippen molar-refractivity contribution in [3.05, 3.63) is 22.2 Å². The number of hydrogen-bond donors (Lipinski definition) is 2. The van der Waals surface area contributed by atoms with Crippen molar-refractivity contribution in [1.82, 2.24) is 4.98 Å². The van der Waals surface area contributed by atoms with Crippen LogP contribution >= 0.6 is 11.8 Å². The van der Waals surface area contributed by atoms with Crippen molar-refractivity contribution in [1.29, 1.82) is 0 Å². The first-order chi connectivity index (χ1) is 8.69. The number of anilines is 2. The van der Waals surface area contributed by atoms with E-state index in [1.54, 1.807) is 7.05 Å². The minimum absolute atomic E-state index is 0.0518. The van der Waals surface area contributed by atoms with Crippen LogP contribution in [0.2, 0.25) is 0 Å². The monoisotopic (exact) mass is 268 g/mol. The zero-order valence-electron chi connectivity index (χ0n) is 10.2. The number of nitrogens with one attached hydrogen (secondary N) is 2. The summed E-state index contributed by atoms with van der Waals surface area (Å²) in [5.74, 6) is 2.27. The number of nitro groups is 1. The van der Waals surface area contributed by atoms with Crippen LogP contribution in [0.3, 0.4) is 0 Å². The van der Waals surface area contributed by atoms with Gasteiger partial charge in [0.1, 0.15) is 11.6 Å². The van der Waals surface area contributed by atoms with Crippen LogP contribution in [0.4, 0.5) is 17.3 Å². The molecule has 2 heterocycles. The third kappa shape index (κ3) is 3.25. The van der Waals surface area contributed by atoms with Crippen LogP contribution in [-0.4, -0.2) is 34.5 Å². The van der Waals surface area contributed by atoms with Crippen molar-refractivity contribution in [2.24, 2.45) is 0 Å². The van der Waals surface area contributed by atoms with Crippen molar-refractivity contribution in [3.63, 3.8) is 0 Å². The second-order valence-corrected chi connectivity index (χ2v) is 5.53. The number of rotatable bonds is 5. The Kier molecular flexibility index (Phi) is 4.24. The smallest absolute Gasteiger partial charge is 0.276 e. The van der Waals surface area contributed by atoms with Crippen LogP contribution in [0.5, 0.6) is 0 Å². The Hall–Kier alpha value is -1.50. The van der Waals surface area contributed by atoms with Gasteiger partial charge in [0, 0.05) is 18.8 Å². The van der Waals surface area contributed by atoms with Crippen molar-refractivity contribution < 1.29 is 4.92 Å². The van der Waals surface area contributed by atoms with Gasteiger partial charge < -0.3 is 10.6 Å². The van der Waals surface area contributed by atoms with Crippen LogP contribution in [-0.2, 0) is 0 Å². The maximum absolute atomic E-state index is 10.8. The Bertz CT molecular complexity index is 435. The molecular weight excluding hydrogens is 252 g/mol. The fourth-order valence-electron chi connectivity index (χ4n) is 1.86. The summed E-state index contributed by atoms with van der Waals surface area (Å²) in [4.78, 5) is 14.7. The molecule has 18 heavy (non-hydrogen) atoms. The lowest BCUT2D eigenvalue weighted by atomic mass is 10.2. The van der Waals surface area contributed by atoms with E-state index in [0.29, 0.717) is 16.9 Å². The van der Waals surface area contributed by atoms with E-state index in [1.807, 2.05) is 11.8 Å². The average molecular weight is 268 g/mol. The minimum Gasteiger partial charge on any atom is -0.373 e. The Balaban J connectivity index is 2.05. The summed E-state index contributed by atoms with van der Waals surface area (Å²) in [5.41, 5.74) is 0.0518. The van der Waals surface area contributed by atoms with Crippen molar-refractivity contribution in [2.45, 2.75) is 18.1 Å². The number of hydrogen-bond acceptors (Lipinski definition) is 6. The number of pyridine rings is 1. The van der Waals surface area contributed by atoms with Gasteiger partial charge in [0.25, 0.3) is 5.69 Å². The van der Waals surface area contributed by atoms with Gasteiger partial charge in [-0.25, -0.2) is 4.98 Å². The summed E-state index contributed by atoms with van der Waals surface area (Å²) < 4.78 is 0. The van der Waals surface area contributed by atoms with Crippen LogP contribution in [0, 0.1) is 10.1 Å². The Morgan fingerprint density at radius 2 is 2.33 bits per heavy atom. The molecule has 1 fully saturated rings. The highest BCUT2D eigenvalue weighted by Crippen LogP contribution is 2.27. The second-order valence-electron chi connectivity index (χ2n) is 4.12. The molecular formula is C11H16N4O2S. The fourth-order valence-corrected chi connectivity index (χ4v) is 3.07. The standard InChI is InChI=1S/C11H16N4O2S/c1-12-10-5-8(15(16)17)6-11(14-10)13-7-9-3-2-4-18-9/h5-6,9H,2-4,7H2,1H3,(H2,12,13,14). The van der Waals surface area contributed by atoms with E-state index in [2.05, 4.69) is 15.6 Å². The molecule has 1 atom stereocenters. The summed E-state index contributed by atoms with van der Waals surface area (Å²) >= 11 is 1.94. The first kappa shape index (κ1) is 12.9. The van der Waals surface area contributed by atoms with Gasteiger partial charge in [-0.15, -0.1) is 0 Å². The molecule has 0 aromatic carbocycles. The van der Waals surface area contributed by atoms with Crippen LogP contribution in [0.25, 0.3) is 0 Å². The molecule has 0 spiro atoms. The van der Waals surface area contributed by atoms with Gasteiger partial charge >= 0.3 is 0 Å². The molecule has 1 aliphatic heterocycles. The summed E-state index contributed by atoms with van der Waals surface area (Å²) in [6.07, 6.45) is 2.45. The van der Waals surface area contributed by atoms with Crippen LogP contribution < -0.4 is 10.6 Å². The predicted molar refractivity (Wildman–Crippen MR) is 74.4 cm³/mol. The van der Waals surface area contributed by atoms with E-state index in [4.69, 9.17) is 0 Å². The molecule has 0 amide bonds. The lowest BCUT2D eigenvalue weighted by Crippen LogP contribution is -2.14. The second kappa shape index (κ2) is 5.90. The number of thioether (sulfide) groups is 1. The lowest BCUT2D eigenvalue weighted by molar-refractivity contribution is -0.384. The predicted octanol–water partition coefficient (Wildman–Crippen LogP) is 2.34. The van der Waals surface area contributed by atoms with Gasteiger partial charge in [0.2, 0.25) is 0 Å². The van der Waals surface area contributed by atoms with Crippen LogP contribution in [0.1, 0.15) is 12.8 Å². The number of aromatic nitrogens is 1. The Morgan fingerprint density at radius 1 is 1.56 bits per heavy atom. The summed E-state index contributed by atoms with van der Waals surface area (Å²) in [6, 6.07) is 2.90. The molecule has 0 bridgehead atoms. The molecule has 6 nitrogen and oxygen atoms in total. The third-order valence-corrected chi connectivity index (χ3v) is 4.21. The molecule has 7 heteroatoms. The molecule has 0 aliphatic carbocycles. The molecule has 2 N–H and O–H groups in total. The van der Waals surface area contributed by atoms with E-state index >= 15 is 0 Å². The van der Waals surface area contributed by atoms with Crippen molar-refractivity contribution in [2.75, 3.05) is 30.0 Å². The highest BCUT2D eigenvalue weighted by Gasteiger charge is 2.16. The largest absolute Gasteiger partial charge is 0.373 e. The van der Waals surface area contributed by atoms with E-state index in [-0.39, 0.29) is 5.69 Å². The quantitative estimate of drug-likeness (QED) is 0.630. The fraction of sp³-hybridized carbons (Fsp3) is 0.545. The molecule has 1 unspecified atom stereocenters. The first-order valence-electron chi connectivity index (χ1n) is 5.89. The molecule has 1 aliphatic rings. The van der Waals surface area contributed by atoms with E-state index in [0.717, 1.165) is 6.54 Å². The Morgan fingerprint density at radius 3 is 2.94 bits per heavy atom. The molecule has 0 saturated carbocycles. The first-order valence-corrected chi connectivity index (χ1v) is 6.93. The van der Waals surface area contributed by atoms with Gasteiger partial charge in [-0.2, -0.15) is 11.8 Å². The number of nitrogens with zero attached hydrogens (tertiary/aromatic N) is 2. The van der Waals surface area contributed by atoms with E-state index in [1.165, 1.54) is 30.7 Å². The average Bonchev–Trinajstić information content (AvgIpc) is 2.89. The van der Waals surface area contributed by atoms with Gasteiger partial charge in [-0.05, 0) is 18.6 Å². The molecule has 2 rings (SSSR count). The maximum atomic E-state index is 10.8. The third-order valence-electron chi connectivity index (χ3n) is 2.81. The lowest BCUT2D eigenvalue weighted by Gasteiger charge is -2.11. The van der Waals surface area contributed by atoms with Gasteiger partial charge in [-0.1, -0.05) is 0 Å². The topological polar surface area (TPSA) is 80.1 Å². The summed E-state index contributed by atoms with van der Waals surface area (Å²) in [6.45, 7) is 0.808. The highest BCUT2D eigenvalue weighted by atomic mass is 32.2. The van der Waals surface area contributed by atoms with E-state index in [9.17, 15) is 10.1 Å². The van der Waals surface area contributed by atoms with Gasteiger partial charge in [0.05, 0.1) is 17.1 Å². The minimum atomic E-state index is -0.405. The zero-order chi connectivity index (χ0) is 13.0. The SMILES string of the molecule is CNc1cc([N+](=O)[O-])cc(NCC2CCCS2)n1. The summed E-state index contributed by atoms with van der Waals surface area (Å²) in [7, 11) is 1.70. The highest BCUT2D eigenvalue weighted by molar-refractivity contribution is 8.00. The Labute approximate surface area is 110 Å². The normalized spacial score (nSPS) is 18.6. The van der Waals surface area contributed by atoms with Crippen LogP contribution in [0.15, 0.2) is 12.1 Å². The molecule has 1 aromatic rings. The van der Waals surface area contributed by atoms with E-state index < -0.39 is 4.92 Å². The molecule has 1 saturated heterocycles. The van der Waals surface area contributed by atoms with Crippen molar-refractivity contribution in [3.8, 4) is 0 Å². The molecule has 98 valence electrons.